The minimum absolute atomic E-state index is 0.0581. The average Bonchev–Trinajstić information content (AvgIpc) is 2.99. The van der Waals surface area contributed by atoms with Gasteiger partial charge in [-0.15, -0.1) is 0 Å². The molecule has 0 heterocycles. The Kier molecular flexibility index (Phi) is 4.98. The van der Waals surface area contributed by atoms with Gasteiger partial charge in [-0.2, -0.15) is 0 Å². The van der Waals surface area contributed by atoms with Crippen molar-refractivity contribution in [3.8, 4) is 0 Å². The van der Waals surface area contributed by atoms with Crippen molar-refractivity contribution in [2.24, 2.45) is 40.4 Å². The van der Waals surface area contributed by atoms with E-state index < -0.39 is 0 Å². The van der Waals surface area contributed by atoms with E-state index in [1.165, 1.54) is 19.3 Å². The zero-order valence-electron chi connectivity index (χ0n) is 16.5. The first-order valence-electron chi connectivity index (χ1n) is 10.8. The van der Waals surface area contributed by atoms with Crippen LogP contribution in [-0.2, 0) is 9.53 Å². The van der Waals surface area contributed by atoms with E-state index >= 15 is 0 Å². The smallest absolute Gasteiger partial charge is 0.161 e. The monoisotopic (exact) mass is 364 g/mol. The largest absolute Gasteiger partial charge is 0.393 e. The summed E-state index contributed by atoms with van der Waals surface area (Å²) in [5, 5.41) is 19.7. The second-order valence-corrected chi connectivity index (χ2v) is 10.0. The van der Waals surface area contributed by atoms with E-state index in [2.05, 4.69) is 6.92 Å². The molecule has 4 nitrogen and oxygen atoms in total. The lowest BCUT2D eigenvalue weighted by Gasteiger charge is -2.61. The number of ether oxygens (including phenoxy) is 1. The topological polar surface area (TPSA) is 66.8 Å². The first-order chi connectivity index (χ1) is 12.5. The summed E-state index contributed by atoms with van der Waals surface area (Å²) >= 11 is 0. The number of rotatable bonds is 4. The highest BCUT2D eigenvalue weighted by Crippen LogP contribution is 2.67. The maximum Gasteiger partial charge on any atom is 0.161 e. The van der Waals surface area contributed by atoms with Gasteiger partial charge in [0.25, 0.3) is 0 Å². The van der Waals surface area contributed by atoms with Crippen LogP contribution in [0.3, 0.4) is 0 Å². The molecule has 0 bridgehead atoms. The van der Waals surface area contributed by atoms with Gasteiger partial charge in [0.05, 0.1) is 12.7 Å². The molecule has 148 valence electrons. The van der Waals surface area contributed by atoms with Crippen LogP contribution in [-0.4, -0.2) is 42.4 Å². The van der Waals surface area contributed by atoms with Crippen LogP contribution in [0.2, 0.25) is 0 Å². The minimum Gasteiger partial charge on any atom is -0.393 e. The summed E-state index contributed by atoms with van der Waals surface area (Å²) in [6, 6.07) is 0. The van der Waals surface area contributed by atoms with E-state index in [4.69, 9.17) is 4.74 Å². The molecule has 0 aromatic rings. The highest BCUT2D eigenvalue weighted by Gasteiger charge is 2.62. The number of carbonyl (C=O) groups is 1. The zero-order chi connectivity index (χ0) is 18.5. The number of hydrogen-bond acceptors (Lipinski definition) is 4. The number of ketones is 1. The fourth-order valence-electron chi connectivity index (χ4n) is 8.22. The van der Waals surface area contributed by atoms with Crippen LogP contribution in [0.1, 0.15) is 64.7 Å². The molecule has 4 rings (SSSR count). The molecule has 0 radical (unpaired) electrons. The van der Waals surface area contributed by atoms with Gasteiger partial charge in [-0.05, 0) is 92.3 Å². The number of carbonyl (C=O) groups excluding carboxylic acids is 1. The van der Waals surface area contributed by atoms with Crippen molar-refractivity contribution in [1.82, 2.24) is 0 Å². The molecular formula is C22H36O4. The lowest BCUT2D eigenvalue weighted by atomic mass is 9.44. The van der Waals surface area contributed by atoms with E-state index in [9.17, 15) is 15.0 Å². The van der Waals surface area contributed by atoms with E-state index in [-0.39, 0.29) is 35.2 Å². The zero-order valence-corrected chi connectivity index (χ0v) is 16.5. The molecule has 4 heteroatoms. The molecule has 0 aromatic carbocycles. The second kappa shape index (κ2) is 6.86. The SMILES string of the molecule is COCC12CC[C@@H](O)C[C@@H]1CCC1[C@@H]2CC[C@]2(C)[C@@H](C(=O)CO)CC[C@@H]12. The third-order valence-corrected chi connectivity index (χ3v) is 9.29. The quantitative estimate of drug-likeness (QED) is 0.804. The standard InChI is InChI=1S/C22H36O4/c1-21-9-8-18-16(17(21)5-6-19(21)20(25)12-23)4-3-14-11-15(24)7-10-22(14,18)13-26-2/h14-19,23-24H,3-13H2,1-2H3/t14-,15+,16?,17-,18-,19+,21-,22?/m0/s1. The Bertz CT molecular complexity index is 548. The van der Waals surface area contributed by atoms with Crippen molar-refractivity contribution in [2.45, 2.75) is 70.8 Å². The van der Waals surface area contributed by atoms with Crippen LogP contribution in [0, 0.1) is 40.4 Å². The van der Waals surface area contributed by atoms with Gasteiger partial charge < -0.3 is 14.9 Å². The molecule has 2 unspecified atom stereocenters. The predicted molar refractivity (Wildman–Crippen MR) is 99.5 cm³/mol. The van der Waals surface area contributed by atoms with Crippen molar-refractivity contribution < 1.29 is 19.7 Å². The Morgan fingerprint density at radius 3 is 2.62 bits per heavy atom. The molecule has 2 N–H and O–H groups in total. The Labute approximate surface area is 157 Å². The fraction of sp³-hybridized carbons (Fsp3) is 0.955. The molecule has 4 aliphatic rings. The molecule has 0 spiro atoms. The fourth-order valence-corrected chi connectivity index (χ4v) is 8.22. The normalized spacial score (nSPS) is 50.6. The number of aliphatic hydroxyl groups excluding tert-OH is 2. The van der Waals surface area contributed by atoms with Crippen LogP contribution in [0.15, 0.2) is 0 Å². The van der Waals surface area contributed by atoms with Gasteiger partial charge in [-0.1, -0.05) is 6.92 Å². The molecule has 26 heavy (non-hydrogen) atoms. The van der Waals surface area contributed by atoms with Crippen LogP contribution in [0.25, 0.3) is 0 Å². The predicted octanol–water partition coefficient (Wildman–Crippen LogP) is 3.19. The van der Waals surface area contributed by atoms with E-state index in [1.807, 2.05) is 7.11 Å². The summed E-state index contributed by atoms with van der Waals surface area (Å²) < 4.78 is 5.77. The summed E-state index contributed by atoms with van der Waals surface area (Å²) in [6.45, 7) is 2.86. The van der Waals surface area contributed by atoms with Gasteiger partial charge >= 0.3 is 0 Å². The molecule has 0 saturated heterocycles. The Balaban J connectivity index is 1.63. The van der Waals surface area contributed by atoms with Gasteiger partial charge in [0.1, 0.15) is 6.61 Å². The van der Waals surface area contributed by atoms with Crippen LogP contribution < -0.4 is 0 Å². The maximum absolute atomic E-state index is 12.4. The van der Waals surface area contributed by atoms with Crippen molar-refractivity contribution >= 4 is 5.78 Å². The molecule has 0 aliphatic heterocycles. The summed E-state index contributed by atoms with van der Waals surface area (Å²) in [7, 11) is 1.83. The lowest BCUT2D eigenvalue weighted by Crippen LogP contribution is -2.57. The Hall–Kier alpha value is -0.450. The van der Waals surface area contributed by atoms with Gasteiger partial charge in [0.2, 0.25) is 0 Å². The summed E-state index contributed by atoms with van der Waals surface area (Å²) in [5.41, 5.74) is 0.313. The van der Waals surface area contributed by atoms with Crippen molar-refractivity contribution in [2.75, 3.05) is 20.3 Å². The molecule has 4 saturated carbocycles. The molecular weight excluding hydrogens is 328 g/mol. The highest BCUT2D eigenvalue weighted by molar-refractivity contribution is 5.83. The van der Waals surface area contributed by atoms with Crippen molar-refractivity contribution in [3.05, 3.63) is 0 Å². The third kappa shape index (κ3) is 2.62. The molecule has 0 amide bonds. The first kappa shape index (κ1) is 18.9. The van der Waals surface area contributed by atoms with Gasteiger partial charge in [0.15, 0.2) is 5.78 Å². The van der Waals surface area contributed by atoms with E-state index in [0.717, 1.165) is 45.1 Å². The number of methoxy groups -OCH3 is 1. The van der Waals surface area contributed by atoms with Crippen LogP contribution in [0.4, 0.5) is 0 Å². The van der Waals surface area contributed by atoms with Gasteiger partial charge in [0, 0.05) is 13.0 Å². The number of Topliss-reactive ketones (excluding diaryl/α,β-unsaturated/α-hetero) is 1. The van der Waals surface area contributed by atoms with E-state index in [0.29, 0.717) is 23.7 Å². The molecule has 0 aromatic heterocycles. The van der Waals surface area contributed by atoms with Gasteiger partial charge in [-0.25, -0.2) is 0 Å². The number of hydrogen-bond donors (Lipinski definition) is 2. The lowest BCUT2D eigenvalue weighted by molar-refractivity contribution is -0.161. The van der Waals surface area contributed by atoms with Crippen molar-refractivity contribution in [3.63, 3.8) is 0 Å². The molecule has 4 aliphatic carbocycles. The summed E-state index contributed by atoms with van der Waals surface area (Å²) in [5.74, 6) is 2.69. The number of fused-ring (bicyclic) bond motifs is 5. The number of aliphatic hydroxyl groups is 2. The second-order valence-electron chi connectivity index (χ2n) is 10.0. The van der Waals surface area contributed by atoms with Crippen LogP contribution in [0.5, 0.6) is 0 Å². The third-order valence-electron chi connectivity index (χ3n) is 9.29. The summed E-state index contributed by atoms with van der Waals surface area (Å²) in [4.78, 5) is 12.4. The Morgan fingerprint density at radius 1 is 1.08 bits per heavy atom. The average molecular weight is 365 g/mol. The van der Waals surface area contributed by atoms with Crippen molar-refractivity contribution in [1.29, 1.82) is 0 Å². The minimum atomic E-state index is -0.297. The van der Waals surface area contributed by atoms with E-state index in [1.54, 1.807) is 0 Å². The summed E-state index contributed by atoms with van der Waals surface area (Å²) in [6.07, 6.45) is 9.66. The Morgan fingerprint density at radius 2 is 1.88 bits per heavy atom. The maximum atomic E-state index is 12.4. The first-order valence-corrected chi connectivity index (χ1v) is 10.8. The molecule has 4 fully saturated rings. The highest BCUT2D eigenvalue weighted by atomic mass is 16.5. The molecule has 8 atom stereocenters. The van der Waals surface area contributed by atoms with Gasteiger partial charge in [-0.3, -0.25) is 4.79 Å². The van der Waals surface area contributed by atoms with Crippen LogP contribution >= 0.6 is 0 Å².